The van der Waals surface area contributed by atoms with Crippen molar-refractivity contribution in [2.45, 2.75) is 44.7 Å². The number of rotatable bonds is 4. The first-order valence-corrected chi connectivity index (χ1v) is 11.1. The lowest BCUT2D eigenvalue weighted by molar-refractivity contribution is 0.0700. The summed E-state index contributed by atoms with van der Waals surface area (Å²) in [5.41, 5.74) is 3.21. The van der Waals surface area contributed by atoms with Crippen LogP contribution in [0.3, 0.4) is 0 Å². The fourth-order valence-electron chi connectivity index (χ4n) is 4.44. The van der Waals surface area contributed by atoms with E-state index in [4.69, 9.17) is 11.6 Å². The predicted molar refractivity (Wildman–Crippen MR) is 120 cm³/mol. The molecule has 1 amide bonds. The number of hydrogen-bond donors (Lipinski definition) is 1. The predicted octanol–water partition coefficient (Wildman–Crippen LogP) is 4.51. The molecule has 2 aromatic carbocycles. The average molecular weight is 412 g/mol. The van der Waals surface area contributed by atoms with Crippen molar-refractivity contribution >= 4 is 23.2 Å². The van der Waals surface area contributed by atoms with Crippen molar-refractivity contribution in [3.8, 4) is 0 Å². The van der Waals surface area contributed by atoms with Gasteiger partial charge in [0, 0.05) is 54.5 Å². The van der Waals surface area contributed by atoms with E-state index in [2.05, 4.69) is 22.3 Å². The monoisotopic (exact) mass is 411 g/mol. The van der Waals surface area contributed by atoms with Crippen LogP contribution >= 0.6 is 11.6 Å². The second kappa shape index (κ2) is 9.19. The number of likely N-dealkylation sites (tertiary alicyclic amines) is 1. The number of amides is 1. The van der Waals surface area contributed by atoms with Crippen molar-refractivity contribution in [3.05, 3.63) is 64.7 Å². The third kappa shape index (κ3) is 5.12. The zero-order chi connectivity index (χ0) is 20.2. The first-order valence-electron chi connectivity index (χ1n) is 10.7. The van der Waals surface area contributed by atoms with Gasteiger partial charge in [0.15, 0.2) is 0 Å². The first-order chi connectivity index (χ1) is 14.1. The number of carbonyl (C=O) groups is 1. The number of piperidine rings is 2. The van der Waals surface area contributed by atoms with Crippen LogP contribution < -0.4 is 10.2 Å². The Hall–Kier alpha value is -2.04. The van der Waals surface area contributed by atoms with Crippen molar-refractivity contribution in [2.24, 2.45) is 0 Å². The molecule has 4 rings (SSSR count). The molecule has 2 fully saturated rings. The Kier molecular flexibility index (Phi) is 6.41. The van der Waals surface area contributed by atoms with E-state index >= 15 is 0 Å². The van der Waals surface area contributed by atoms with Gasteiger partial charge in [0.25, 0.3) is 5.91 Å². The molecule has 2 aromatic rings. The van der Waals surface area contributed by atoms with Gasteiger partial charge in [0.05, 0.1) is 0 Å². The maximum atomic E-state index is 12.7. The minimum Gasteiger partial charge on any atom is -0.371 e. The highest BCUT2D eigenvalue weighted by atomic mass is 35.5. The molecule has 0 bridgehead atoms. The molecular weight excluding hydrogens is 382 g/mol. The van der Waals surface area contributed by atoms with Crippen LogP contribution in [0.1, 0.15) is 41.6 Å². The SMILES string of the molecule is Cc1ccc(C(=O)N2CCC(NC3CCN(c4cccc(Cl)c4)CC3)CC2)cc1. The van der Waals surface area contributed by atoms with E-state index in [-0.39, 0.29) is 5.91 Å². The van der Waals surface area contributed by atoms with Gasteiger partial charge >= 0.3 is 0 Å². The van der Waals surface area contributed by atoms with E-state index in [9.17, 15) is 4.79 Å². The van der Waals surface area contributed by atoms with Crippen LogP contribution in [0.5, 0.6) is 0 Å². The number of carbonyl (C=O) groups excluding carboxylic acids is 1. The molecule has 0 saturated carbocycles. The summed E-state index contributed by atoms with van der Waals surface area (Å²) in [6.07, 6.45) is 4.36. The van der Waals surface area contributed by atoms with Crippen molar-refractivity contribution in [1.29, 1.82) is 0 Å². The second-order valence-corrected chi connectivity index (χ2v) is 8.78. The summed E-state index contributed by atoms with van der Waals surface area (Å²) in [4.78, 5) is 17.1. The van der Waals surface area contributed by atoms with E-state index in [0.717, 1.165) is 62.4 Å². The summed E-state index contributed by atoms with van der Waals surface area (Å²) in [6, 6.07) is 17.1. The average Bonchev–Trinajstić information content (AvgIpc) is 2.75. The van der Waals surface area contributed by atoms with Gasteiger partial charge in [-0.25, -0.2) is 0 Å². The summed E-state index contributed by atoms with van der Waals surface area (Å²) in [5, 5.41) is 4.66. The Morgan fingerprint density at radius 1 is 0.931 bits per heavy atom. The number of aryl methyl sites for hydroxylation is 1. The van der Waals surface area contributed by atoms with Gasteiger partial charge in [-0.05, 0) is 62.9 Å². The Bertz CT molecular complexity index is 822. The quantitative estimate of drug-likeness (QED) is 0.803. The minimum absolute atomic E-state index is 0.165. The van der Waals surface area contributed by atoms with Gasteiger partial charge in [-0.1, -0.05) is 35.4 Å². The topological polar surface area (TPSA) is 35.6 Å². The van der Waals surface area contributed by atoms with Gasteiger partial charge in [0.2, 0.25) is 0 Å². The zero-order valence-electron chi connectivity index (χ0n) is 17.1. The molecule has 2 heterocycles. The molecule has 5 heteroatoms. The highest BCUT2D eigenvalue weighted by Gasteiger charge is 2.27. The third-order valence-corrected chi connectivity index (χ3v) is 6.46. The van der Waals surface area contributed by atoms with E-state index < -0.39 is 0 Å². The second-order valence-electron chi connectivity index (χ2n) is 8.34. The normalized spacial score (nSPS) is 18.8. The van der Waals surface area contributed by atoms with E-state index in [1.165, 1.54) is 11.3 Å². The smallest absolute Gasteiger partial charge is 0.253 e. The lowest BCUT2D eigenvalue weighted by atomic mass is 9.98. The Morgan fingerprint density at radius 2 is 1.55 bits per heavy atom. The Labute approximate surface area is 178 Å². The molecule has 29 heavy (non-hydrogen) atoms. The highest BCUT2D eigenvalue weighted by Crippen LogP contribution is 2.24. The van der Waals surface area contributed by atoms with Gasteiger partial charge in [-0.3, -0.25) is 4.79 Å². The number of nitrogens with one attached hydrogen (secondary N) is 1. The number of halogens is 1. The molecule has 0 radical (unpaired) electrons. The Balaban J connectivity index is 1.22. The number of hydrogen-bond acceptors (Lipinski definition) is 3. The van der Waals surface area contributed by atoms with Crippen LogP contribution in [0.25, 0.3) is 0 Å². The highest BCUT2D eigenvalue weighted by molar-refractivity contribution is 6.30. The van der Waals surface area contributed by atoms with Gasteiger partial charge < -0.3 is 15.1 Å². The van der Waals surface area contributed by atoms with E-state index in [1.807, 2.05) is 48.2 Å². The number of anilines is 1. The molecule has 2 aliphatic heterocycles. The maximum absolute atomic E-state index is 12.7. The van der Waals surface area contributed by atoms with Crippen molar-refractivity contribution in [3.63, 3.8) is 0 Å². The summed E-state index contributed by atoms with van der Waals surface area (Å²) < 4.78 is 0. The van der Waals surface area contributed by atoms with Crippen LogP contribution in [0.4, 0.5) is 5.69 Å². The van der Waals surface area contributed by atoms with Crippen molar-refractivity contribution < 1.29 is 4.79 Å². The maximum Gasteiger partial charge on any atom is 0.253 e. The molecular formula is C24H30ClN3O. The lowest BCUT2D eigenvalue weighted by Crippen LogP contribution is -2.50. The summed E-state index contributed by atoms with van der Waals surface area (Å²) >= 11 is 6.13. The lowest BCUT2D eigenvalue weighted by Gasteiger charge is -2.38. The molecule has 1 N–H and O–H groups in total. The molecule has 2 saturated heterocycles. The van der Waals surface area contributed by atoms with Crippen LogP contribution in [0, 0.1) is 6.92 Å². The zero-order valence-corrected chi connectivity index (χ0v) is 17.9. The number of benzene rings is 2. The van der Waals surface area contributed by atoms with Crippen molar-refractivity contribution in [1.82, 2.24) is 10.2 Å². The van der Waals surface area contributed by atoms with Crippen LogP contribution in [0.15, 0.2) is 48.5 Å². The molecule has 2 aliphatic rings. The van der Waals surface area contributed by atoms with Crippen molar-refractivity contribution in [2.75, 3.05) is 31.1 Å². The van der Waals surface area contributed by atoms with E-state index in [1.54, 1.807) is 0 Å². The third-order valence-electron chi connectivity index (χ3n) is 6.22. The molecule has 4 nitrogen and oxygen atoms in total. The molecule has 0 atom stereocenters. The molecule has 0 unspecified atom stereocenters. The van der Waals surface area contributed by atoms with E-state index in [0.29, 0.717) is 12.1 Å². The van der Waals surface area contributed by atoms with Gasteiger partial charge in [-0.15, -0.1) is 0 Å². The standard InChI is InChI=1S/C24H30ClN3O/c1-18-5-7-19(8-6-18)24(29)28-15-11-22(12-16-28)26-21-9-13-27(14-10-21)23-4-2-3-20(25)17-23/h2-8,17,21-22,26H,9-16H2,1H3. The largest absolute Gasteiger partial charge is 0.371 e. The first kappa shape index (κ1) is 20.2. The van der Waals surface area contributed by atoms with Gasteiger partial charge in [0.1, 0.15) is 0 Å². The van der Waals surface area contributed by atoms with Gasteiger partial charge in [-0.2, -0.15) is 0 Å². The Morgan fingerprint density at radius 3 is 2.17 bits per heavy atom. The molecule has 0 spiro atoms. The molecule has 154 valence electrons. The van der Waals surface area contributed by atoms with Crippen LogP contribution in [0.2, 0.25) is 5.02 Å². The van der Waals surface area contributed by atoms with Crippen LogP contribution in [-0.2, 0) is 0 Å². The number of nitrogens with zero attached hydrogens (tertiary/aromatic N) is 2. The summed E-state index contributed by atoms with van der Waals surface area (Å²) in [5.74, 6) is 0.165. The van der Waals surface area contributed by atoms with Crippen LogP contribution in [-0.4, -0.2) is 49.1 Å². The fourth-order valence-corrected chi connectivity index (χ4v) is 4.62. The molecule has 0 aliphatic carbocycles. The fraction of sp³-hybridized carbons (Fsp3) is 0.458. The minimum atomic E-state index is 0.165. The summed E-state index contributed by atoms with van der Waals surface area (Å²) in [7, 11) is 0. The summed E-state index contributed by atoms with van der Waals surface area (Å²) in [6.45, 7) is 5.84. The molecule has 0 aromatic heterocycles.